The molecule has 1 saturated carbocycles. The summed E-state index contributed by atoms with van der Waals surface area (Å²) in [5, 5.41) is 4.69. The Hall–Kier alpha value is -3.62. The number of fused-ring (bicyclic) bond motifs is 1. The first-order chi connectivity index (χ1) is 17.0. The number of likely N-dealkylation sites (tertiary alicyclic amines) is 1. The number of benzene rings is 1. The van der Waals surface area contributed by atoms with E-state index in [2.05, 4.69) is 16.9 Å². The van der Waals surface area contributed by atoms with Crippen molar-refractivity contribution in [3.8, 4) is 5.88 Å². The Labute approximate surface area is 210 Å². The fourth-order valence-corrected chi connectivity index (χ4v) is 4.84. The summed E-state index contributed by atoms with van der Waals surface area (Å²) in [7, 11) is 1.29. The van der Waals surface area contributed by atoms with Crippen molar-refractivity contribution in [3.05, 3.63) is 48.7 Å². The second kappa shape index (κ2) is 9.79. The first kappa shape index (κ1) is 25.5. The molecule has 1 aromatic carbocycles. The summed E-state index contributed by atoms with van der Waals surface area (Å²) in [5.41, 5.74) is -1.08. The molecule has 0 radical (unpaired) electrons. The van der Waals surface area contributed by atoms with Crippen molar-refractivity contribution in [2.75, 3.05) is 13.7 Å². The predicted octanol–water partition coefficient (Wildman–Crippen LogP) is 3.76. The zero-order valence-electron chi connectivity index (χ0n) is 21.2. The molecule has 2 amide bonds. The number of amides is 2. The molecule has 3 atom stereocenters. The smallest absolute Gasteiger partial charge is 0.411 e. The molecule has 1 saturated heterocycles. The highest BCUT2D eigenvalue weighted by Gasteiger charge is 2.49. The van der Waals surface area contributed by atoms with Crippen LogP contribution in [0.1, 0.15) is 46.5 Å². The Kier molecular flexibility index (Phi) is 6.93. The second-order valence-corrected chi connectivity index (χ2v) is 10.5. The molecular weight excluding hydrogens is 462 g/mol. The number of pyridine rings is 1. The predicted molar refractivity (Wildman–Crippen MR) is 133 cm³/mol. The van der Waals surface area contributed by atoms with Crippen molar-refractivity contribution in [1.82, 2.24) is 15.2 Å². The van der Waals surface area contributed by atoms with E-state index in [1.165, 1.54) is 12.0 Å². The number of ether oxygens (including phenoxy) is 3. The van der Waals surface area contributed by atoms with E-state index in [0.29, 0.717) is 25.1 Å². The van der Waals surface area contributed by atoms with Gasteiger partial charge < -0.3 is 19.5 Å². The van der Waals surface area contributed by atoms with Gasteiger partial charge in [0.05, 0.1) is 13.7 Å². The Morgan fingerprint density at radius 1 is 1.19 bits per heavy atom. The van der Waals surface area contributed by atoms with Gasteiger partial charge in [0.25, 0.3) is 0 Å². The topological polar surface area (TPSA) is 107 Å². The third-order valence-corrected chi connectivity index (χ3v) is 6.50. The van der Waals surface area contributed by atoms with Crippen molar-refractivity contribution in [3.63, 3.8) is 0 Å². The van der Waals surface area contributed by atoms with Crippen LogP contribution >= 0.6 is 0 Å². The van der Waals surface area contributed by atoms with Crippen LogP contribution in [0.5, 0.6) is 5.88 Å². The average Bonchev–Trinajstić information content (AvgIpc) is 3.42. The molecule has 2 aliphatic rings. The number of rotatable bonds is 5. The molecule has 1 aliphatic heterocycles. The summed E-state index contributed by atoms with van der Waals surface area (Å²) >= 11 is 0. The zero-order chi connectivity index (χ0) is 26.1. The lowest BCUT2D eigenvalue weighted by Gasteiger charge is -2.31. The van der Waals surface area contributed by atoms with Gasteiger partial charge in [0.15, 0.2) is 0 Å². The standard InChI is InChI=1S/C27H33N3O6/c1-17-10-12-27(15-17,24(32)34-5)29-22(31)21-14-19(16-30(21)25(33)36-26(2,3)4)35-23-20-9-7-6-8-18(20)11-13-28-23/h6-9,11,13,19,21H,1,10,12,14-16H2,2-5H3,(H,29,31)/t19-,21+,27?/m1/s1. The molecule has 192 valence electrons. The number of hydrogen-bond donors (Lipinski definition) is 1. The Morgan fingerprint density at radius 3 is 2.61 bits per heavy atom. The molecule has 0 spiro atoms. The lowest BCUT2D eigenvalue weighted by Crippen LogP contribution is -2.58. The van der Waals surface area contributed by atoms with Gasteiger partial charge in [-0.15, -0.1) is 0 Å². The summed E-state index contributed by atoms with van der Waals surface area (Å²) in [6.45, 7) is 9.40. The molecule has 1 unspecified atom stereocenters. The second-order valence-electron chi connectivity index (χ2n) is 10.5. The molecular formula is C27H33N3O6. The van der Waals surface area contributed by atoms with Gasteiger partial charge in [0, 0.05) is 24.4 Å². The fraction of sp³-hybridized carbons (Fsp3) is 0.481. The van der Waals surface area contributed by atoms with Crippen molar-refractivity contribution in [2.24, 2.45) is 0 Å². The first-order valence-electron chi connectivity index (χ1n) is 12.1. The molecule has 1 N–H and O–H groups in total. The number of aromatic nitrogens is 1. The summed E-state index contributed by atoms with van der Waals surface area (Å²) in [5.74, 6) is -0.552. The maximum atomic E-state index is 13.6. The maximum absolute atomic E-state index is 13.6. The molecule has 2 aromatic rings. The third-order valence-electron chi connectivity index (χ3n) is 6.50. The SMILES string of the molecule is C=C1CCC(NC(=O)[C@@H]2C[C@@H](Oc3nccc4ccccc34)CN2C(=O)OC(C)(C)C)(C(=O)OC)C1. The summed E-state index contributed by atoms with van der Waals surface area (Å²) in [6, 6.07) is 8.70. The number of hydrogen-bond acceptors (Lipinski definition) is 7. The van der Waals surface area contributed by atoms with Gasteiger partial charge in [0.1, 0.15) is 23.3 Å². The highest BCUT2D eigenvalue weighted by molar-refractivity contribution is 5.93. The quantitative estimate of drug-likeness (QED) is 0.497. The first-order valence-corrected chi connectivity index (χ1v) is 12.1. The molecule has 1 aromatic heterocycles. The van der Waals surface area contributed by atoms with Crippen LogP contribution in [0.2, 0.25) is 0 Å². The van der Waals surface area contributed by atoms with Crippen LogP contribution in [0.4, 0.5) is 4.79 Å². The summed E-state index contributed by atoms with van der Waals surface area (Å²) in [6.07, 6.45) is 2.05. The van der Waals surface area contributed by atoms with E-state index < -0.39 is 41.3 Å². The van der Waals surface area contributed by atoms with Crippen LogP contribution in [-0.4, -0.2) is 64.8 Å². The lowest BCUT2D eigenvalue weighted by molar-refractivity contribution is -0.151. The largest absolute Gasteiger partial charge is 0.472 e. The van der Waals surface area contributed by atoms with Gasteiger partial charge in [-0.1, -0.05) is 30.4 Å². The zero-order valence-corrected chi connectivity index (χ0v) is 21.2. The minimum absolute atomic E-state index is 0.135. The van der Waals surface area contributed by atoms with Crippen molar-refractivity contribution < 1.29 is 28.6 Å². The lowest BCUT2D eigenvalue weighted by atomic mass is 9.96. The van der Waals surface area contributed by atoms with Gasteiger partial charge in [-0.3, -0.25) is 9.69 Å². The number of nitrogens with zero attached hydrogens (tertiary/aromatic N) is 2. The van der Waals surface area contributed by atoms with Crippen LogP contribution < -0.4 is 10.1 Å². The van der Waals surface area contributed by atoms with Crippen LogP contribution in [0, 0.1) is 0 Å². The van der Waals surface area contributed by atoms with Crippen molar-refractivity contribution >= 4 is 28.7 Å². The van der Waals surface area contributed by atoms with Gasteiger partial charge >= 0.3 is 12.1 Å². The van der Waals surface area contributed by atoms with E-state index in [1.54, 1.807) is 27.0 Å². The van der Waals surface area contributed by atoms with Crippen LogP contribution in [0.25, 0.3) is 10.8 Å². The number of nitrogens with one attached hydrogen (secondary N) is 1. The third kappa shape index (κ3) is 5.29. The van der Waals surface area contributed by atoms with E-state index >= 15 is 0 Å². The van der Waals surface area contributed by atoms with Gasteiger partial charge in [-0.2, -0.15) is 0 Å². The molecule has 2 heterocycles. The van der Waals surface area contributed by atoms with Gasteiger partial charge in [-0.25, -0.2) is 14.6 Å². The highest BCUT2D eigenvalue weighted by atomic mass is 16.6. The van der Waals surface area contributed by atoms with Gasteiger partial charge in [0.2, 0.25) is 11.8 Å². The summed E-state index contributed by atoms with van der Waals surface area (Å²) < 4.78 is 16.8. The highest BCUT2D eigenvalue weighted by Crippen LogP contribution is 2.35. The maximum Gasteiger partial charge on any atom is 0.411 e. The van der Waals surface area contributed by atoms with E-state index in [9.17, 15) is 14.4 Å². The Morgan fingerprint density at radius 2 is 1.94 bits per heavy atom. The van der Waals surface area contributed by atoms with E-state index in [1.807, 2.05) is 30.3 Å². The minimum Gasteiger partial charge on any atom is -0.472 e. The van der Waals surface area contributed by atoms with E-state index in [0.717, 1.165) is 16.3 Å². The summed E-state index contributed by atoms with van der Waals surface area (Å²) in [4.78, 5) is 45.0. The Balaban J connectivity index is 1.58. The number of esters is 1. The van der Waals surface area contributed by atoms with Crippen LogP contribution in [0.3, 0.4) is 0 Å². The van der Waals surface area contributed by atoms with E-state index in [4.69, 9.17) is 14.2 Å². The molecule has 0 bridgehead atoms. The molecule has 36 heavy (non-hydrogen) atoms. The monoisotopic (exact) mass is 495 g/mol. The Bertz CT molecular complexity index is 1180. The van der Waals surface area contributed by atoms with Crippen molar-refractivity contribution in [1.29, 1.82) is 0 Å². The molecule has 9 nitrogen and oxygen atoms in total. The van der Waals surface area contributed by atoms with E-state index in [-0.39, 0.29) is 13.0 Å². The fourth-order valence-electron chi connectivity index (χ4n) is 4.84. The number of methoxy groups -OCH3 is 1. The van der Waals surface area contributed by atoms with Crippen molar-refractivity contribution in [2.45, 2.75) is 69.7 Å². The molecule has 9 heteroatoms. The number of carbonyl (C=O) groups is 3. The van der Waals surface area contributed by atoms with Gasteiger partial charge in [-0.05, 0) is 51.1 Å². The average molecular weight is 496 g/mol. The molecule has 4 rings (SSSR count). The van der Waals surface area contributed by atoms with Crippen LogP contribution in [0.15, 0.2) is 48.7 Å². The normalized spacial score (nSPS) is 24.0. The molecule has 2 fully saturated rings. The van der Waals surface area contributed by atoms with Crippen LogP contribution in [-0.2, 0) is 19.1 Å². The minimum atomic E-state index is -1.20. The number of carbonyl (C=O) groups excluding carboxylic acids is 3. The molecule has 1 aliphatic carbocycles.